The van der Waals surface area contributed by atoms with Gasteiger partial charge in [-0.25, -0.2) is 8.78 Å². The number of nitrogens with zero attached hydrogens (tertiary/aromatic N) is 2. The molecular weight excluding hydrogens is 413 g/mol. The average molecular weight is 429 g/mol. The number of benzene rings is 2. The number of amides is 2. The fourth-order valence-corrected chi connectivity index (χ4v) is 3.37. The van der Waals surface area contributed by atoms with Gasteiger partial charge in [-0.1, -0.05) is 23.2 Å². The van der Waals surface area contributed by atoms with Gasteiger partial charge < -0.3 is 14.5 Å². The number of carbonyl (C=O) groups excluding carboxylic acids is 2. The molecule has 0 atom stereocenters. The molecule has 28 heavy (non-hydrogen) atoms. The smallest absolute Gasteiger partial charge is 0.260 e. The molecule has 1 aliphatic heterocycles. The second-order valence-corrected chi connectivity index (χ2v) is 7.07. The first kappa shape index (κ1) is 20.4. The third-order valence-electron chi connectivity index (χ3n) is 4.27. The van der Waals surface area contributed by atoms with Crippen LogP contribution in [0.15, 0.2) is 36.4 Å². The Morgan fingerprint density at radius 1 is 0.929 bits per heavy atom. The molecule has 1 aliphatic rings. The highest BCUT2D eigenvalue weighted by Gasteiger charge is 2.25. The van der Waals surface area contributed by atoms with Gasteiger partial charge in [0.15, 0.2) is 18.2 Å². The number of carbonyl (C=O) groups is 2. The zero-order valence-electron chi connectivity index (χ0n) is 14.6. The fraction of sp³-hybridized carbons (Fsp3) is 0.263. The minimum atomic E-state index is -0.872. The molecular formula is C19H16Cl2F2N2O3. The predicted octanol–water partition coefficient (Wildman–Crippen LogP) is 3.64. The summed E-state index contributed by atoms with van der Waals surface area (Å²) >= 11 is 11.9. The van der Waals surface area contributed by atoms with Crippen LogP contribution in [0.25, 0.3) is 0 Å². The third-order valence-corrected chi connectivity index (χ3v) is 4.71. The van der Waals surface area contributed by atoms with E-state index in [9.17, 15) is 18.4 Å². The molecule has 1 saturated heterocycles. The van der Waals surface area contributed by atoms with Gasteiger partial charge in [0.05, 0.1) is 0 Å². The minimum Gasteiger partial charge on any atom is -0.481 e. The van der Waals surface area contributed by atoms with Gasteiger partial charge in [0.2, 0.25) is 0 Å². The van der Waals surface area contributed by atoms with Crippen molar-refractivity contribution in [2.75, 3.05) is 32.8 Å². The topological polar surface area (TPSA) is 49.9 Å². The molecule has 3 rings (SSSR count). The van der Waals surface area contributed by atoms with E-state index >= 15 is 0 Å². The van der Waals surface area contributed by atoms with Crippen LogP contribution < -0.4 is 4.74 Å². The van der Waals surface area contributed by atoms with Crippen LogP contribution in [0, 0.1) is 11.6 Å². The number of rotatable bonds is 4. The summed E-state index contributed by atoms with van der Waals surface area (Å²) in [5.74, 6) is -2.36. The van der Waals surface area contributed by atoms with Crippen LogP contribution in [0.5, 0.6) is 5.75 Å². The number of ether oxygens (including phenoxy) is 1. The van der Waals surface area contributed by atoms with Gasteiger partial charge in [0.25, 0.3) is 11.8 Å². The highest BCUT2D eigenvalue weighted by atomic mass is 35.5. The zero-order valence-corrected chi connectivity index (χ0v) is 16.1. The van der Waals surface area contributed by atoms with E-state index in [2.05, 4.69) is 0 Å². The standard InChI is InChI=1S/C19H16Cl2F2N2O3/c20-13-7-12(8-14(21)9-13)19(27)25-5-3-24(4-6-25)18(26)11-28-17-2-1-15(22)10-16(17)23/h1-2,7-10H,3-6,11H2. The van der Waals surface area contributed by atoms with E-state index in [-0.39, 0.29) is 24.2 Å². The molecule has 0 unspecified atom stereocenters. The molecule has 2 aromatic rings. The minimum absolute atomic E-state index is 0.193. The Hall–Kier alpha value is -2.38. The molecule has 5 nitrogen and oxygen atoms in total. The first-order valence-electron chi connectivity index (χ1n) is 8.44. The average Bonchev–Trinajstić information content (AvgIpc) is 2.66. The summed E-state index contributed by atoms with van der Waals surface area (Å²) in [7, 11) is 0. The summed E-state index contributed by atoms with van der Waals surface area (Å²) in [4.78, 5) is 27.9. The molecule has 0 spiro atoms. The van der Waals surface area contributed by atoms with Crippen LogP contribution in [-0.4, -0.2) is 54.4 Å². The maximum absolute atomic E-state index is 13.5. The van der Waals surface area contributed by atoms with E-state index in [0.717, 1.165) is 12.1 Å². The second-order valence-electron chi connectivity index (χ2n) is 6.19. The largest absolute Gasteiger partial charge is 0.481 e. The highest BCUT2D eigenvalue weighted by molar-refractivity contribution is 6.35. The molecule has 0 N–H and O–H groups in total. The Morgan fingerprint density at radius 3 is 2.14 bits per heavy atom. The van der Waals surface area contributed by atoms with E-state index in [1.165, 1.54) is 4.90 Å². The fourth-order valence-electron chi connectivity index (χ4n) is 2.84. The SMILES string of the molecule is O=C(COc1ccc(F)cc1F)N1CCN(C(=O)c2cc(Cl)cc(Cl)c2)CC1. The van der Waals surface area contributed by atoms with Crippen molar-refractivity contribution < 1.29 is 23.1 Å². The molecule has 0 radical (unpaired) electrons. The summed E-state index contributed by atoms with van der Waals surface area (Å²) in [6.07, 6.45) is 0. The lowest BCUT2D eigenvalue weighted by Crippen LogP contribution is -2.51. The summed E-state index contributed by atoms with van der Waals surface area (Å²) in [5.41, 5.74) is 0.382. The summed E-state index contributed by atoms with van der Waals surface area (Å²) < 4.78 is 31.6. The van der Waals surface area contributed by atoms with Crippen LogP contribution in [0.3, 0.4) is 0 Å². The third kappa shape index (κ3) is 4.91. The van der Waals surface area contributed by atoms with Gasteiger partial charge in [0.1, 0.15) is 5.82 Å². The maximum atomic E-state index is 13.5. The van der Waals surface area contributed by atoms with E-state index in [1.54, 1.807) is 23.1 Å². The van der Waals surface area contributed by atoms with Crippen LogP contribution in [0.1, 0.15) is 10.4 Å². The van der Waals surface area contributed by atoms with Gasteiger partial charge in [0, 0.05) is 47.9 Å². The first-order valence-corrected chi connectivity index (χ1v) is 9.20. The Labute approximate surface area is 170 Å². The summed E-state index contributed by atoms with van der Waals surface area (Å²) in [5, 5.41) is 0.740. The van der Waals surface area contributed by atoms with Gasteiger partial charge in [-0.2, -0.15) is 0 Å². The quantitative estimate of drug-likeness (QED) is 0.746. The molecule has 0 aromatic heterocycles. The zero-order chi connectivity index (χ0) is 20.3. The van der Waals surface area contributed by atoms with E-state index in [4.69, 9.17) is 27.9 Å². The Balaban J connectivity index is 1.53. The maximum Gasteiger partial charge on any atom is 0.260 e. The van der Waals surface area contributed by atoms with Gasteiger partial charge in [-0.15, -0.1) is 0 Å². The second kappa shape index (κ2) is 8.75. The van der Waals surface area contributed by atoms with Crippen molar-refractivity contribution >= 4 is 35.0 Å². The number of piperazine rings is 1. The summed E-state index contributed by atoms with van der Waals surface area (Å²) in [6.45, 7) is 0.919. The van der Waals surface area contributed by atoms with Gasteiger partial charge in [-0.3, -0.25) is 9.59 Å². The molecule has 2 amide bonds. The lowest BCUT2D eigenvalue weighted by atomic mass is 10.2. The highest BCUT2D eigenvalue weighted by Crippen LogP contribution is 2.21. The molecule has 1 fully saturated rings. The molecule has 1 heterocycles. The Kier molecular flexibility index (Phi) is 6.36. The van der Waals surface area contributed by atoms with Crippen molar-refractivity contribution in [1.82, 2.24) is 9.80 Å². The molecule has 0 aliphatic carbocycles. The molecule has 9 heteroatoms. The van der Waals surface area contributed by atoms with Gasteiger partial charge >= 0.3 is 0 Å². The Bertz CT molecular complexity index is 882. The van der Waals surface area contributed by atoms with Crippen LogP contribution in [-0.2, 0) is 4.79 Å². The lowest BCUT2D eigenvalue weighted by Gasteiger charge is -2.34. The van der Waals surface area contributed by atoms with Crippen molar-refractivity contribution in [2.24, 2.45) is 0 Å². The van der Waals surface area contributed by atoms with Crippen molar-refractivity contribution in [1.29, 1.82) is 0 Å². The summed E-state index contributed by atoms with van der Waals surface area (Å²) in [6, 6.07) is 7.49. The van der Waals surface area contributed by atoms with E-state index in [1.807, 2.05) is 0 Å². The van der Waals surface area contributed by atoms with Crippen LogP contribution in [0.2, 0.25) is 10.0 Å². The molecule has 0 bridgehead atoms. The molecule has 148 valence electrons. The normalized spacial score (nSPS) is 14.1. The Morgan fingerprint density at radius 2 is 1.54 bits per heavy atom. The number of halogens is 4. The molecule has 0 saturated carbocycles. The van der Waals surface area contributed by atoms with Crippen molar-refractivity contribution in [3.63, 3.8) is 0 Å². The first-order chi connectivity index (χ1) is 13.3. The number of hydrogen-bond donors (Lipinski definition) is 0. The van der Waals surface area contributed by atoms with Crippen molar-refractivity contribution in [3.8, 4) is 5.75 Å². The van der Waals surface area contributed by atoms with Crippen LogP contribution in [0.4, 0.5) is 8.78 Å². The monoisotopic (exact) mass is 428 g/mol. The number of hydrogen-bond acceptors (Lipinski definition) is 3. The van der Waals surface area contributed by atoms with Crippen molar-refractivity contribution in [2.45, 2.75) is 0 Å². The van der Waals surface area contributed by atoms with Crippen molar-refractivity contribution in [3.05, 3.63) is 63.6 Å². The molecule has 2 aromatic carbocycles. The lowest BCUT2D eigenvalue weighted by molar-refractivity contribution is -0.134. The predicted molar refractivity (Wildman–Crippen MR) is 101 cm³/mol. The van der Waals surface area contributed by atoms with Gasteiger partial charge in [-0.05, 0) is 30.3 Å². The van der Waals surface area contributed by atoms with E-state index in [0.29, 0.717) is 47.9 Å². The van der Waals surface area contributed by atoms with Crippen LogP contribution >= 0.6 is 23.2 Å². The van der Waals surface area contributed by atoms with E-state index < -0.39 is 11.6 Å².